The molecular weight excluding hydrogens is 328 g/mol. The Bertz CT molecular complexity index is 389. The highest BCUT2D eigenvalue weighted by atomic mass is 16.5. The fraction of sp³-hybridized carbons (Fsp3) is 0.950. The lowest BCUT2D eigenvalue weighted by Crippen LogP contribution is -2.52. The highest BCUT2D eigenvalue weighted by Gasteiger charge is 2.23. The predicted molar refractivity (Wildman–Crippen MR) is 108 cm³/mol. The minimum absolute atomic E-state index is 0.459. The van der Waals surface area contributed by atoms with Crippen LogP contribution in [-0.2, 0) is 9.47 Å². The first-order valence-corrected chi connectivity index (χ1v) is 10.6. The van der Waals surface area contributed by atoms with Crippen LogP contribution in [0.2, 0.25) is 0 Å². The molecule has 26 heavy (non-hydrogen) atoms. The average molecular weight is 369 g/mol. The van der Waals surface area contributed by atoms with Gasteiger partial charge in [0.05, 0.1) is 25.9 Å². The van der Waals surface area contributed by atoms with E-state index in [1.54, 1.807) is 0 Å². The van der Waals surface area contributed by atoms with Crippen molar-refractivity contribution in [2.45, 2.75) is 64.5 Å². The van der Waals surface area contributed by atoms with Gasteiger partial charge in [-0.1, -0.05) is 39.5 Å². The topological polar surface area (TPSA) is 58.1 Å². The maximum atomic E-state index is 6.05. The molecule has 2 N–H and O–H groups in total. The molecule has 1 unspecified atom stereocenters. The van der Waals surface area contributed by atoms with Crippen LogP contribution in [0.15, 0.2) is 4.99 Å². The quantitative estimate of drug-likeness (QED) is 0.298. The molecule has 1 saturated carbocycles. The van der Waals surface area contributed by atoms with Gasteiger partial charge in [0.2, 0.25) is 0 Å². The van der Waals surface area contributed by atoms with Gasteiger partial charge < -0.3 is 20.1 Å². The van der Waals surface area contributed by atoms with Crippen LogP contribution in [-0.4, -0.2) is 76.1 Å². The zero-order valence-corrected chi connectivity index (χ0v) is 17.1. The molecule has 152 valence electrons. The van der Waals surface area contributed by atoms with Crippen molar-refractivity contribution in [2.75, 3.05) is 53.0 Å². The number of hydrogen-bond donors (Lipinski definition) is 2. The maximum absolute atomic E-state index is 6.05. The van der Waals surface area contributed by atoms with E-state index in [1.807, 2.05) is 7.05 Å². The number of nitrogens with zero attached hydrogens (tertiary/aromatic N) is 2. The lowest BCUT2D eigenvalue weighted by atomic mass is 10.0. The number of aliphatic imine (C=N–C) groups is 1. The summed E-state index contributed by atoms with van der Waals surface area (Å²) in [5, 5.41) is 6.89. The molecule has 6 heteroatoms. The smallest absolute Gasteiger partial charge is 0.191 e. The van der Waals surface area contributed by atoms with Crippen LogP contribution in [0.5, 0.6) is 0 Å². The predicted octanol–water partition coefficient (Wildman–Crippen LogP) is 2.25. The van der Waals surface area contributed by atoms with Gasteiger partial charge in [-0.15, -0.1) is 0 Å². The third-order valence-corrected chi connectivity index (χ3v) is 5.54. The molecule has 0 radical (unpaired) electrons. The summed E-state index contributed by atoms with van der Waals surface area (Å²) in [6.07, 6.45) is 8.29. The van der Waals surface area contributed by atoms with E-state index in [2.05, 4.69) is 34.4 Å². The Balaban J connectivity index is 1.65. The van der Waals surface area contributed by atoms with Crippen LogP contribution in [0.1, 0.15) is 52.4 Å². The van der Waals surface area contributed by atoms with Gasteiger partial charge in [0.25, 0.3) is 0 Å². The largest absolute Gasteiger partial charge is 0.379 e. The van der Waals surface area contributed by atoms with Gasteiger partial charge in [-0.25, -0.2) is 0 Å². The minimum atomic E-state index is 0.459. The van der Waals surface area contributed by atoms with Gasteiger partial charge in [0.15, 0.2) is 5.96 Å². The average Bonchev–Trinajstić information content (AvgIpc) is 2.93. The van der Waals surface area contributed by atoms with Crippen molar-refractivity contribution in [2.24, 2.45) is 10.9 Å². The summed E-state index contributed by atoms with van der Waals surface area (Å²) in [7, 11) is 1.83. The van der Waals surface area contributed by atoms with Gasteiger partial charge in [-0.05, 0) is 18.8 Å². The molecule has 0 aromatic rings. The Hall–Kier alpha value is -0.850. The highest BCUT2D eigenvalue weighted by Crippen LogP contribution is 2.19. The van der Waals surface area contributed by atoms with Gasteiger partial charge in [-0.2, -0.15) is 0 Å². The second-order valence-electron chi connectivity index (χ2n) is 7.82. The lowest BCUT2D eigenvalue weighted by molar-refractivity contribution is 0.00749. The second kappa shape index (κ2) is 12.5. The third-order valence-electron chi connectivity index (χ3n) is 5.54. The summed E-state index contributed by atoms with van der Waals surface area (Å²) in [5.41, 5.74) is 0. The molecule has 1 atom stereocenters. The fourth-order valence-corrected chi connectivity index (χ4v) is 3.92. The third kappa shape index (κ3) is 7.80. The van der Waals surface area contributed by atoms with E-state index in [-0.39, 0.29) is 0 Å². The SMILES string of the molecule is CN=C(NCCOC1CCCCCC1)NCC(C(C)C)N1CCOCC1. The first-order valence-electron chi connectivity index (χ1n) is 10.6. The van der Waals surface area contributed by atoms with Crippen molar-refractivity contribution < 1.29 is 9.47 Å². The standard InChI is InChI=1S/C20H40N4O2/c1-17(2)19(24-11-14-25-15-12-24)16-23-20(21-3)22-10-13-26-18-8-6-4-5-7-9-18/h17-19H,4-16H2,1-3H3,(H2,21,22,23). The number of nitrogens with one attached hydrogen (secondary N) is 2. The maximum Gasteiger partial charge on any atom is 0.191 e. The van der Waals surface area contributed by atoms with E-state index in [9.17, 15) is 0 Å². The number of ether oxygens (including phenoxy) is 2. The molecule has 1 aliphatic heterocycles. The Kier molecular flexibility index (Phi) is 10.3. The zero-order valence-electron chi connectivity index (χ0n) is 17.1. The molecule has 0 amide bonds. The Labute approximate surface area is 160 Å². The summed E-state index contributed by atoms with van der Waals surface area (Å²) in [6, 6.07) is 0.500. The minimum Gasteiger partial charge on any atom is -0.379 e. The monoisotopic (exact) mass is 368 g/mol. The van der Waals surface area contributed by atoms with Crippen molar-refractivity contribution in [3.8, 4) is 0 Å². The summed E-state index contributed by atoms with van der Waals surface area (Å²) in [6.45, 7) is 10.8. The summed E-state index contributed by atoms with van der Waals surface area (Å²) in [5.74, 6) is 1.46. The Morgan fingerprint density at radius 2 is 1.81 bits per heavy atom. The Morgan fingerprint density at radius 1 is 1.12 bits per heavy atom. The lowest BCUT2D eigenvalue weighted by Gasteiger charge is -2.37. The van der Waals surface area contributed by atoms with Crippen LogP contribution in [0.3, 0.4) is 0 Å². The Morgan fingerprint density at radius 3 is 2.42 bits per heavy atom. The zero-order chi connectivity index (χ0) is 18.6. The van der Waals surface area contributed by atoms with E-state index < -0.39 is 0 Å². The second-order valence-corrected chi connectivity index (χ2v) is 7.82. The van der Waals surface area contributed by atoms with E-state index in [0.29, 0.717) is 18.1 Å². The summed E-state index contributed by atoms with van der Waals surface area (Å²) >= 11 is 0. The molecule has 0 aromatic carbocycles. The molecule has 6 nitrogen and oxygen atoms in total. The van der Waals surface area contributed by atoms with Crippen molar-refractivity contribution in [3.63, 3.8) is 0 Å². The molecule has 2 rings (SSSR count). The van der Waals surface area contributed by atoms with Gasteiger partial charge in [-0.3, -0.25) is 9.89 Å². The van der Waals surface area contributed by atoms with Crippen LogP contribution in [0.4, 0.5) is 0 Å². The van der Waals surface area contributed by atoms with Gasteiger partial charge in [0.1, 0.15) is 0 Å². The van der Waals surface area contributed by atoms with Crippen LogP contribution in [0, 0.1) is 5.92 Å². The van der Waals surface area contributed by atoms with Crippen molar-refractivity contribution >= 4 is 5.96 Å². The molecule has 1 heterocycles. The summed E-state index contributed by atoms with van der Waals surface area (Å²) in [4.78, 5) is 6.89. The van der Waals surface area contributed by atoms with Crippen molar-refractivity contribution in [1.82, 2.24) is 15.5 Å². The highest BCUT2D eigenvalue weighted by molar-refractivity contribution is 5.79. The van der Waals surface area contributed by atoms with E-state index >= 15 is 0 Å². The molecule has 0 aromatic heterocycles. The number of guanidine groups is 1. The molecule has 0 bridgehead atoms. The van der Waals surface area contributed by atoms with E-state index in [4.69, 9.17) is 9.47 Å². The van der Waals surface area contributed by atoms with Crippen molar-refractivity contribution in [1.29, 1.82) is 0 Å². The first kappa shape index (κ1) is 21.5. The van der Waals surface area contributed by atoms with E-state index in [1.165, 1.54) is 38.5 Å². The molecule has 1 aliphatic carbocycles. The normalized spacial score (nSPS) is 22.2. The molecule has 2 fully saturated rings. The van der Waals surface area contributed by atoms with Crippen LogP contribution in [0.25, 0.3) is 0 Å². The fourth-order valence-electron chi connectivity index (χ4n) is 3.92. The van der Waals surface area contributed by atoms with Crippen LogP contribution < -0.4 is 10.6 Å². The number of morpholine rings is 1. The molecule has 2 aliphatic rings. The molecular formula is C20H40N4O2. The van der Waals surface area contributed by atoms with Crippen LogP contribution >= 0.6 is 0 Å². The first-order chi connectivity index (χ1) is 12.7. The summed E-state index contributed by atoms with van der Waals surface area (Å²) < 4.78 is 11.5. The number of hydrogen-bond acceptors (Lipinski definition) is 4. The van der Waals surface area contributed by atoms with Crippen molar-refractivity contribution in [3.05, 3.63) is 0 Å². The van der Waals surface area contributed by atoms with Gasteiger partial charge in [0, 0.05) is 39.3 Å². The van der Waals surface area contributed by atoms with Gasteiger partial charge >= 0.3 is 0 Å². The molecule has 1 saturated heterocycles. The van der Waals surface area contributed by atoms with E-state index in [0.717, 1.165) is 52.0 Å². The number of rotatable bonds is 8. The molecule has 0 spiro atoms.